The van der Waals surface area contributed by atoms with Gasteiger partial charge in [0.2, 0.25) is 0 Å². The van der Waals surface area contributed by atoms with Gasteiger partial charge in [0.25, 0.3) is 0 Å². The van der Waals surface area contributed by atoms with Crippen LogP contribution < -0.4 is 0 Å². The predicted octanol–water partition coefficient (Wildman–Crippen LogP) is 13.9. The highest BCUT2D eigenvalue weighted by atomic mass is 32.1. The summed E-state index contributed by atoms with van der Waals surface area (Å²) < 4.78 is 2.43. The highest BCUT2D eigenvalue weighted by Gasteiger charge is 2.17. The Morgan fingerprint density at radius 2 is 0.780 bits per heavy atom. The van der Waals surface area contributed by atoms with Crippen LogP contribution >= 0.6 is 11.3 Å². The normalized spacial score (nSPS) is 11.4. The first-order valence-electron chi connectivity index (χ1n) is 19.6. The number of nitrogens with zero attached hydrogens (tertiary/aromatic N) is 5. The van der Waals surface area contributed by atoms with E-state index in [9.17, 15) is 0 Å². The molecule has 4 heterocycles. The zero-order valence-corrected chi connectivity index (χ0v) is 32.5. The zero-order chi connectivity index (χ0) is 39.1. The Morgan fingerprint density at radius 1 is 0.322 bits per heavy atom. The Bertz CT molecular complexity index is 3310. The van der Waals surface area contributed by atoms with E-state index in [-0.39, 0.29) is 0 Å². The molecule has 0 unspecified atom stereocenters. The van der Waals surface area contributed by atoms with Crippen LogP contribution in [0.5, 0.6) is 0 Å². The van der Waals surface area contributed by atoms with Gasteiger partial charge in [-0.05, 0) is 63.7 Å². The number of thiophene rings is 1. The lowest BCUT2D eigenvalue weighted by atomic mass is 9.96. The molecule has 6 heteroatoms. The van der Waals surface area contributed by atoms with E-state index in [1.807, 2.05) is 48.7 Å². The number of hydrogen-bond acceptors (Lipinski definition) is 6. The lowest BCUT2D eigenvalue weighted by molar-refractivity contribution is 1.07. The average molecular weight is 772 g/mol. The molecule has 0 saturated carbocycles. The fraction of sp³-hybridized carbons (Fsp3) is 0. The van der Waals surface area contributed by atoms with Crippen molar-refractivity contribution in [3.8, 4) is 78.8 Å². The highest BCUT2D eigenvalue weighted by molar-refractivity contribution is 7.26. The largest absolute Gasteiger partial charge is 0.237 e. The number of fused-ring (bicyclic) bond motifs is 5. The van der Waals surface area contributed by atoms with Crippen molar-refractivity contribution in [2.24, 2.45) is 0 Å². The summed E-state index contributed by atoms with van der Waals surface area (Å²) in [5.41, 5.74) is 12.4. The van der Waals surface area contributed by atoms with E-state index in [1.165, 1.54) is 25.7 Å². The maximum absolute atomic E-state index is 5.10. The third-order valence-electron chi connectivity index (χ3n) is 10.8. The van der Waals surface area contributed by atoms with Crippen LogP contribution in [-0.2, 0) is 0 Å². The first-order valence-corrected chi connectivity index (χ1v) is 20.4. The van der Waals surface area contributed by atoms with Crippen LogP contribution in [0.3, 0.4) is 0 Å². The van der Waals surface area contributed by atoms with Gasteiger partial charge in [-0.3, -0.25) is 0 Å². The molecule has 0 fully saturated rings. The number of pyridine rings is 2. The van der Waals surface area contributed by atoms with Crippen LogP contribution in [0.25, 0.3) is 110 Å². The van der Waals surface area contributed by atoms with E-state index in [4.69, 9.17) is 19.9 Å². The van der Waals surface area contributed by atoms with Gasteiger partial charge in [-0.15, -0.1) is 11.3 Å². The predicted molar refractivity (Wildman–Crippen MR) is 244 cm³/mol. The molecular weight excluding hydrogens is 739 g/mol. The van der Waals surface area contributed by atoms with Crippen molar-refractivity contribution in [1.29, 1.82) is 0 Å². The molecule has 7 aromatic carbocycles. The smallest absolute Gasteiger partial charge is 0.164 e. The first-order chi connectivity index (χ1) is 29.2. The quantitative estimate of drug-likeness (QED) is 0.161. The molecule has 0 radical (unpaired) electrons. The summed E-state index contributed by atoms with van der Waals surface area (Å²) in [4.78, 5) is 24.8. The van der Waals surface area contributed by atoms with Gasteiger partial charge in [-0.1, -0.05) is 164 Å². The second-order valence-corrected chi connectivity index (χ2v) is 15.5. The standard InChI is InChI=1S/C53H33N5S/c1-3-12-34(13-4-1)35-25-29-39(30-26-35)51-56-50(38-14-5-2-6-15-38)57-52(58-51)43-19-10-18-42(33-43)41-17-9-16-40(32-41)36-23-27-37(28-24-36)48-49-47(44-20-7-8-22-46(44)59-49)45-21-11-31-54-53(45)55-48/h1-33H. The van der Waals surface area contributed by atoms with Gasteiger partial charge in [0.1, 0.15) is 0 Å². The molecule has 0 spiro atoms. The summed E-state index contributed by atoms with van der Waals surface area (Å²) in [6.45, 7) is 0. The maximum atomic E-state index is 5.10. The van der Waals surface area contributed by atoms with Crippen LogP contribution in [0.1, 0.15) is 0 Å². The molecule has 11 rings (SSSR count). The minimum absolute atomic E-state index is 0.625. The third kappa shape index (κ3) is 6.52. The molecule has 0 saturated heterocycles. The molecule has 0 aliphatic carbocycles. The van der Waals surface area contributed by atoms with Crippen LogP contribution in [0.15, 0.2) is 200 Å². The summed E-state index contributed by atoms with van der Waals surface area (Å²) >= 11 is 1.79. The minimum atomic E-state index is 0.625. The van der Waals surface area contributed by atoms with Crippen LogP contribution in [0.4, 0.5) is 0 Å². The molecular formula is C53H33N5S. The number of aromatic nitrogens is 5. The molecule has 11 aromatic rings. The van der Waals surface area contributed by atoms with Crippen molar-refractivity contribution < 1.29 is 0 Å². The Labute approximate surface area is 345 Å². The van der Waals surface area contributed by atoms with Crippen molar-refractivity contribution >= 4 is 42.5 Å². The maximum Gasteiger partial charge on any atom is 0.164 e. The van der Waals surface area contributed by atoms with Gasteiger partial charge in [-0.2, -0.15) is 0 Å². The fourth-order valence-corrected chi connectivity index (χ4v) is 9.07. The van der Waals surface area contributed by atoms with Gasteiger partial charge in [-0.25, -0.2) is 24.9 Å². The molecule has 0 bridgehead atoms. The van der Waals surface area contributed by atoms with E-state index < -0.39 is 0 Å². The van der Waals surface area contributed by atoms with Crippen LogP contribution in [0, 0.1) is 0 Å². The molecule has 0 aliphatic heterocycles. The molecule has 0 atom stereocenters. The minimum Gasteiger partial charge on any atom is -0.237 e. The number of benzene rings is 7. The topological polar surface area (TPSA) is 64.5 Å². The number of rotatable bonds is 7. The second kappa shape index (κ2) is 14.7. The fourth-order valence-electron chi connectivity index (χ4n) is 7.84. The monoisotopic (exact) mass is 771 g/mol. The van der Waals surface area contributed by atoms with E-state index in [2.05, 4.69) is 157 Å². The Morgan fingerprint density at radius 3 is 1.47 bits per heavy atom. The second-order valence-electron chi connectivity index (χ2n) is 14.5. The molecule has 4 aromatic heterocycles. The third-order valence-corrected chi connectivity index (χ3v) is 12.0. The molecule has 276 valence electrons. The average Bonchev–Trinajstić information content (AvgIpc) is 3.72. The molecule has 5 nitrogen and oxygen atoms in total. The molecule has 0 aliphatic rings. The first kappa shape index (κ1) is 34.6. The molecule has 0 N–H and O–H groups in total. The van der Waals surface area contributed by atoms with Crippen molar-refractivity contribution in [2.45, 2.75) is 0 Å². The SMILES string of the molecule is c1ccc(-c2ccc(-c3nc(-c4ccccc4)nc(-c4cccc(-c5cccc(-c6ccc(-c7nc8ncccc8c8c7sc7ccccc78)cc6)c5)c4)n3)cc2)cc1. The van der Waals surface area contributed by atoms with E-state index >= 15 is 0 Å². The van der Waals surface area contributed by atoms with E-state index in [1.54, 1.807) is 11.3 Å². The lowest BCUT2D eigenvalue weighted by Gasteiger charge is -2.11. The van der Waals surface area contributed by atoms with Crippen molar-refractivity contribution in [1.82, 2.24) is 24.9 Å². The zero-order valence-electron chi connectivity index (χ0n) is 31.7. The van der Waals surface area contributed by atoms with Crippen LogP contribution in [0.2, 0.25) is 0 Å². The summed E-state index contributed by atoms with van der Waals surface area (Å²) in [6, 6.07) is 67.5. The summed E-state index contributed by atoms with van der Waals surface area (Å²) in [6.07, 6.45) is 1.82. The lowest BCUT2D eigenvalue weighted by Crippen LogP contribution is -2.00. The number of hydrogen-bond donors (Lipinski definition) is 0. The van der Waals surface area contributed by atoms with Gasteiger partial charge in [0, 0.05) is 49.3 Å². The molecule has 0 amide bonds. The highest BCUT2D eigenvalue weighted by Crippen LogP contribution is 2.42. The summed E-state index contributed by atoms with van der Waals surface area (Å²) in [5.74, 6) is 1.89. The van der Waals surface area contributed by atoms with Gasteiger partial charge < -0.3 is 0 Å². The van der Waals surface area contributed by atoms with Crippen LogP contribution in [-0.4, -0.2) is 24.9 Å². The van der Waals surface area contributed by atoms with Crippen molar-refractivity contribution in [3.05, 3.63) is 200 Å². The molecule has 59 heavy (non-hydrogen) atoms. The van der Waals surface area contributed by atoms with Gasteiger partial charge in [0.15, 0.2) is 23.1 Å². The van der Waals surface area contributed by atoms with E-state index in [0.29, 0.717) is 17.5 Å². The summed E-state index contributed by atoms with van der Waals surface area (Å²) in [5, 5.41) is 3.55. The van der Waals surface area contributed by atoms with E-state index in [0.717, 1.165) is 66.8 Å². The Hall–Kier alpha value is -7.67. The van der Waals surface area contributed by atoms with Crippen molar-refractivity contribution in [3.63, 3.8) is 0 Å². The van der Waals surface area contributed by atoms with Crippen molar-refractivity contribution in [2.75, 3.05) is 0 Å². The van der Waals surface area contributed by atoms with Gasteiger partial charge >= 0.3 is 0 Å². The Kier molecular flexibility index (Phi) is 8.60. The summed E-state index contributed by atoms with van der Waals surface area (Å²) in [7, 11) is 0. The Balaban J connectivity index is 0.933. The van der Waals surface area contributed by atoms with Gasteiger partial charge in [0.05, 0.1) is 10.4 Å².